The highest BCUT2D eigenvalue weighted by Gasteiger charge is 2.38. The minimum absolute atomic E-state index is 0.0255. The van der Waals surface area contributed by atoms with Gasteiger partial charge in [-0.1, -0.05) is 6.07 Å². The SMILES string of the molecule is CCO[C@H]1OC(C(=O)NCC2CC2)=C[C@@H](c2ccc3c(c2)OCO3)[C@H]1CCCO. The van der Waals surface area contributed by atoms with Gasteiger partial charge in [-0.3, -0.25) is 4.79 Å². The first-order valence-electron chi connectivity index (χ1n) is 10.5. The molecule has 2 aliphatic heterocycles. The Bertz CT molecular complexity index is 760. The van der Waals surface area contributed by atoms with Crippen LogP contribution in [0.25, 0.3) is 0 Å². The molecule has 4 rings (SSSR count). The first-order valence-corrected chi connectivity index (χ1v) is 10.5. The molecule has 7 heteroatoms. The number of aliphatic hydroxyl groups excluding tert-OH is 1. The van der Waals surface area contributed by atoms with Crippen LogP contribution in [0.4, 0.5) is 0 Å². The second-order valence-corrected chi connectivity index (χ2v) is 7.79. The Balaban J connectivity index is 1.62. The molecule has 0 spiro atoms. The predicted molar refractivity (Wildman–Crippen MR) is 105 cm³/mol. The largest absolute Gasteiger partial charge is 0.459 e. The highest BCUT2D eigenvalue weighted by Crippen LogP contribution is 2.42. The minimum atomic E-state index is -0.548. The number of fused-ring (bicyclic) bond motifs is 1. The molecule has 0 bridgehead atoms. The maximum Gasteiger partial charge on any atom is 0.286 e. The molecule has 1 fully saturated rings. The van der Waals surface area contributed by atoms with E-state index in [1.54, 1.807) is 0 Å². The standard InChI is InChI=1S/C22H29NO6/c1-2-26-22-16(4-3-9-24)17(15-7-8-18-19(10-15)28-13-27-18)11-20(29-22)21(25)23-12-14-5-6-14/h7-8,10-11,14,16-17,22,24H,2-6,9,12-13H2,1H3,(H,23,25)/t16-,17+,22+/m1/s1. The van der Waals surface area contributed by atoms with E-state index < -0.39 is 6.29 Å². The number of nitrogens with one attached hydrogen (secondary N) is 1. The molecule has 0 saturated heterocycles. The highest BCUT2D eigenvalue weighted by atomic mass is 16.7. The summed E-state index contributed by atoms with van der Waals surface area (Å²) in [6, 6.07) is 5.85. The van der Waals surface area contributed by atoms with E-state index in [1.807, 2.05) is 31.2 Å². The number of ether oxygens (including phenoxy) is 4. The van der Waals surface area contributed by atoms with Crippen molar-refractivity contribution in [1.29, 1.82) is 0 Å². The number of carbonyl (C=O) groups excluding carboxylic acids is 1. The summed E-state index contributed by atoms with van der Waals surface area (Å²) in [5.74, 6) is 2.00. The molecule has 0 radical (unpaired) electrons. The smallest absolute Gasteiger partial charge is 0.286 e. The number of amides is 1. The molecular formula is C22H29NO6. The molecule has 3 atom stereocenters. The lowest BCUT2D eigenvalue weighted by Crippen LogP contribution is -2.39. The topological polar surface area (TPSA) is 86.3 Å². The summed E-state index contributed by atoms with van der Waals surface area (Å²) < 4.78 is 22.8. The van der Waals surface area contributed by atoms with Crippen molar-refractivity contribution >= 4 is 5.91 Å². The van der Waals surface area contributed by atoms with Crippen LogP contribution in [0.5, 0.6) is 11.5 Å². The van der Waals surface area contributed by atoms with Crippen molar-refractivity contribution in [3.05, 3.63) is 35.6 Å². The molecule has 2 N–H and O–H groups in total. The number of hydrogen-bond acceptors (Lipinski definition) is 6. The summed E-state index contributed by atoms with van der Waals surface area (Å²) in [5.41, 5.74) is 1.01. The van der Waals surface area contributed by atoms with Gasteiger partial charge < -0.3 is 29.4 Å². The van der Waals surface area contributed by atoms with Crippen LogP contribution in [0.15, 0.2) is 30.0 Å². The summed E-state index contributed by atoms with van der Waals surface area (Å²) >= 11 is 0. The molecule has 158 valence electrons. The molecule has 1 aliphatic carbocycles. The third-order valence-corrected chi connectivity index (χ3v) is 5.66. The van der Waals surface area contributed by atoms with Gasteiger partial charge in [0.1, 0.15) is 0 Å². The lowest BCUT2D eigenvalue weighted by molar-refractivity contribution is -0.166. The van der Waals surface area contributed by atoms with Gasteiger partial charge in [0.15, 0.2) is 17.3 Å². The van der Waals surface area contributed by atoms with Gasteiger partial charge in [-0.05, 0) is 62.3 Å². The van der Waals surface area contributed by atoms with Crippen molar-refractivity contribution in [3.63, 3.8) is 0 Å². The summed E-state index contributed by atoms with van der Waals surface area (Å²) in [6.45, 7) is 3.38. The van der Waals surface area contributed by atoms with Crippen molar-refractivity contribution in [2.75, 3.05) is 26.6 Å². The fraction of sp³-hybridized carbons (Fsp3) is 0.591. The molecule has 29 heavy (non-hydrogen) atoms. The molecule has 1 amide bonds. The third-order valence-electron chi connectivity index (χ3n) is 5.66. The Labute approximate surface area is 171 Å². The zero-order valence-electron chi connectivity index (χ0n) is 16.8. The summed E-state index contributed by atoms with van der Waals surface area (Å²) in [6.07, 6.45) is 5.03. The Kier molecular flexibility index (Phi) is 6.25. The van der Waals surface area contributed by atoms with E-state index in [1.165, 1.54) is 12.8 Å². The van der Waals surface area contributed by atoms with E-state index in [0.29, 0.717) is 43.4 Å². The third kappa shape index (κ3) is 4.67. The average Bonchev–Trinajstić information content (AvgIpc) is 3.45. The van der Waals surface area contributed by atoms with Crippen LogP contribution in [0.2, 0.25) is 0 Å². The van der Waals surface area contributed by atoms with Gasteiger partial charge in [-0.2, -0.15) is 0 Å². The van der Waals surface area contributed by atoms with Gasteiger partial charge in [0.2, 0.25) is 13.1 Å². The molecule has 3 aliphatic rings. The zero-order chi connectivity index (χ0) is 20.2. The van der Waals surface area contributed by atoms with Crippen molar-refractivity contribution in [2.45, 2.75) is 44.8 Å². The van der Waals surface area contributed by atoms with E-state index in [0.717, 1.165) is 11.3 Å². The van der Waals surface area contributed by atoms with Crippen LogP contribution in [0, 0.1) is 11.8 Å². The molecule has 7 nitrogen and oxygen atoms in total. The number of aliphatic hydroxyl groups is 1. The quantitative estimate of drug-likeness (QED) is 0.659. The van der Waals surface area contributed by atoms with E-state index in [-0.39, 0.29) is 31.1 Å². The number of benzene rings is 1. The minimum Gasteiger partial charge on any atom is -0.459 e. The molecule has 0 aromatic heterocycles. The summed E-state index contributed by atoms with van der Waals surface area (Å²) in [4.78, 5) is 12.7. The van der Waals surface area contributed by atoms with Crippen LogP contribution >= 0.6 is 0 Å². The van der Waals surface area contributed by atoms with Gasteiger partial charge in [0.25, 0.3) is 5.91 Å². The van der Waals surface area contributed by atoms with Crippen molar-refractivity contribution in [3.8, 4) is 11.5 Å². The zero-order valence-corrected chi connectivity index (χ0v) is 16.8. The molecular weight excluding hydrogens is 374 g/mol. The van der Waals surface area contributed by atoms with Gasteiger partial charge in [-0.25, -0.2) is 0 Å². The van der Waals surface area contributed by atoms with Crippen LogP contribution in [-0.2, 0) is 14.3 Å². The van der Waals surface area contributed by atoms with Crippen molar-refractivity contribution < 1.29 is 28.8 Å². The molecule has 2 heterocycles. The molecule has 1 saturated carbocycles. The van der Waals surface area contributed by atoms with Crippen molar-refractivity contribution in [2.24, 2.45) is 11.8 Å². The number of allylic oxidation sites excluding steroid dienone is 1. The molecule has 1 aromatic rings. The molecule has 0 unspecified atom stereocenters. The Morgan fingerprint density at radius 3 is 2.86 bits per heavy atom. The van der Waals surface area contributed by atoms with Crippen LogP contribution in [0.3, 0.4) is 0 Å². The Hall–Kier alpha value is -2.25. The van der Waals surface area contributed by atoms with E-state index in [4.69, 9.17) is 18.9 Å². The first kappa shape index (κ1) is 20.0. The summed E-state index contributed by atoms with van der Waals surface area (Å²) in [7, 11) is 0. The normalized spacial score (nSPS) is 25.3. The van der Waals surface area contributed by atoms with E-state index >= 15 is 0 Å². The fourth-order valence-corrected chi connectivity index (χ4v) is 3.91. The lowest BCUT2D eigenvalue weighted by Gasteiger charge is -2.37. The van der Waals surface area contributed by atoms with Gasteiger partial charge in [-0.15, -0.1) is 0 Å². The average molecular weight is 403 g/mol. The van der Waals surface area contributed by atoms with Crippen molar-refractivity contribution in [1.82, 2.24) is 5.32 Å². The Morgan fingerprint density at radius 2 is 2.10 bits per heavy atom. The lowest BCUT2D eigenvalue weighted by atomic mass is 9.80. The van der Waals surface area contributed by atoms with E-state index in [2.05, 4.69) is 5.32 Å². The number of hydrogen-bond donors (Lipinski definition) is 2. The number of carbonyl (C=O) groups is 1. The van der Waals surface area contributed by atoms with Gasteiger partial charge >= 0.3 is 0 Å². The summed E-state index contributed by atoms with van der Waals surface area (Å²) in [5, 5.41) is 12.3. The molecule has 1 aromatic carbocycles. The second-order valence-electron chi connectivity index (χ2n) is 7.79. The fourth-order valence-electron chi connectivity index (χ4n) is 3.91. The predicted octanol–water partition coefficient (Wildman–Crippen LogP) is 2.69. The number of rotatable bonds is 9. The van der Waals surface area contributed by atoms with Gasteiger partial charge in [0.05, 0.1) is 0 Å². The monoisotopic (exact) mass is 403 g/mol. The van der Waals surface area contributed by atoms with E-state index in [9.17, 15) is 9.90 Å². The van der Waals surface area contributed by atoms with Crippen LogP contribution in [0.1, 0.15) is 44.1 Å². The maximum absolute atomic E-state index is 12.7. The Morgan fingerprint density at radius 1 is 1.28 bits per heavy atom. The van der Waals surface area contributed by atoms with Gasteiger partial charge in [0, 0.05) is 31.6 Å². The highest BCUT2D eigenvalue weighted by molar-refractivity contribution is 5.91. The second kappa shape index (κ2) is 9.05. The maximum atomic E-state index is 12.7. The first-order chi connectivity index (χ1) is 14.2. The van der Waals surface area contributed by atoms with Crippen LogP contribution < -0.4 is 14.8 Å². The van der Waals surface area contributed by atoms with Crippen LogP contribution in [-0.4, -0.2) is 43.9 Å².